The van der Waals surface area contributed by atoms with Crippen LogP contribution in [0.25, 0.3) is 0 Å². The monoisotopic (exact) mass is 367 g/mol. The summed E-state index contributed by atoms with van der Waals surface area (Å²) >= 11 is 4.53. The minimum atomic E-state index is -0.165. The molecule has 0 atom stereocenters. The van der Waals surface area contributed by atoms with Gasteiger partial charge in [0, 0.05) is 11.3 Å². The van der Waals surface area contributed by atoms with E-state index in [1.54, 1.807) is 36.0 Å². The van der Waals surface area contributed by atoms with Crippen molar-refractivity contribution in [3.05, 3.63) is 29.8 Å². The number of aromatic nitrogens is 2. The number of benzene rings is 1. The normalized spacial score (nSPS) is 10.5. The molecular formula is C15H17N3O2S3. The van der Waals surface area contributed by atoms with Gasteiger partial charge in [0.25, 0.3) is 0 Å². The Kier molecular flexibility index (Phi) is 7.07. The molecule has 0 saturated heterocycles. The third-order valence-electron chi connectivity index (χ3n) is 2.72. The zero-order chi connectivity index (χ0) is 16.7. The molecule has 0 aliphatic carbocycles. The van der Waals surface area contributed by atoms with Gasteiger partial charge in [-0.2, -0.15) is 0 Å². The summed E-state index contributed by atoms with van der Waals surface area (Å²) in [7, 11) is 0. The predicted octanol–water partition coefficient (Wildman–Crippen LogP) is 3.97. The number of nitrogens with zero attached hydrogens (tertiary/aromatic N) is 2. The zero-order valence-electron chi connectivity index (χ0n) is 12.9. The molecule has 2 rings (SSSR count). The van der Waals surface area contributed by atoms with E-state index in [2.05, 4.69) is 22.4 Å². The number of carbonyl (C=O) groups is 2. The fraction of sp³-hybridized carbons (Fsp3) is 0.333. The Morgan fingerprint density at radius 3 is 2.57 bits per heavy atom. The Labute approximate surface area is 147 Å². The number of nitrogens with one attached hydrogen (secondary N) is 1. The van der Waals surface area contributed by atoms with Gasteiger partial charge in [0.2, 0.25) is 5.91 Å². The number of carbonyl (C=O) groups excluding carboxylic acids is 2. The third-order valence-corrected chi connectivity index (χ3v) is 6.12. The third kappa shape index (κ3) is 5.63. The maximum Gasteiger partial charge on any atom is 0.234 e. The first kappa shape index (κ1) is 18.0. The lowest BCUT2D eigenvalue weighted by molar-refractivity contribution is -0.113. The van der Waals surface area contributed by atoms with E-state index in [1.807, 2.05) is 0 Å². The minimum Gasteiger partial charge on any atom is -0.325 e. The molecule has 1 aromatic heterocycles. The molecule has 1 heterocycles. The molecule has 0 unspecified atom stereocenters. The second-order valence-corrected chi connectivity index (χ2v) is 8.16. The van der Waals surface area contributed by atoms with Gasteiger partial charge in [0.05, 0.1) is 11.4 Å². The van der Waals surface area contributed by atoms with Crippen molar-refractivity contribution < 1.29 is 9.59 Å². The molecule has 1 N–H and O–H groups in total. The Morgan fingerprint density at radius 1 is 1.17 bits per heavy atom. The van der Waals surface area contributed by atoms with E-state index in [4.69, 9.17) is 0 Å². The maximum absolute atomic E-state index is 12.0. The van der Waals surface area contributed by atoms with Crippen LogP contribution in [0.5, 0.6) is 0 Å². The molecule has 0 spiro atoms. The first-order valence-corrected chi connectivity index (χ1v) is 9.88. The van der Waals surface area contributed by atoms with Crippen molar-refractivity contribution in [3.8, 4) is 0 Å². The summed E-state index contributed by atoms with van der Waals surface area (Å²) in [5.41, 5.74) is 1.06. The number of para-hydroxylation sites is 1. The molecule has 8 heteroatoms. The second kappa shape index (κ2) is 9.05. The van der Waals surface area contributed by atoms with Crippen LogP contribution in [-0.4, -0.2) is 33.4 Å². The summed E-state index contributed by atoms with van der Waals surface area (Å²) in [6.07, 6.45) is 1.09. The maximum atomic E-state index is 12.0. The fourth-order valence-electron chi connectivity index (χ4n) is 1.72. The van der Waals surface area contributed by atoms with Crippen molar-refractivity contribution in [1.29, 1.82) is 0 Å². The van der Waals surface area contributed by atoms with E-state index in [9.17, 15) is 9.59 Å². The van der Waals surface area contributed by atoms with Crippen molar-refractivity contribution in [1.82, 2.24) is 10.2 Å². The number of anilines is 1. The quantitative estimate of drug-likeness (QED) is 0.562. The SMILES string of the molecule is CCCSc1nnc(SCC(=O)Nc2ccccc2C(C)=O)s1. The number of thioether (sulfide) groups is 2. The summed E-state index contributed by atoms with van der Waals surface area (Å²) in [5.74, 6) is 1.01. The topological polar surface area (TPSA) is 72.0 Å². The molecule has 5 nitrogen and oxygen atoms in total. The lowest BCUT2D eigenvalue weighted by atomic mass is 10.1. The van der Waals surface area contributed by atoms with Crippen LogP contribution in [0.4, 0.5) is 5.69 Å². The van der Waals surface area contributed by atoms with E-state index in [0.717, 1.165) is 20.9 Å². The average molecular weight is 368 g/mol. The summed E-state index contributed by atoms with van der Waals surface area (Å²) < 4.78 is 1.70. The summed E-state index contributed by atoms with van der Waals surface area (Å²) in [4.78, 5) is 23.6. The highest BCUT2D eigenvalue weighted by atomic mass is 32.2. The van der Waals surface area contributed by atoms with Gasteiger partial charge in [0.15, 0.2) is 14.5 Å². The summed E-state index contributed by atoms with van der Waals surface area (Å²) in [6, 6.07) is 6.99. The highest BCUT2D eigenvalue weighted by Crippen LogP contribution is 2.29. The molecule has 0 saturated carbocycles. The Balaban J connectivity index is 1.88. The van der Waals surface area contributed by atoms with Crippen LogP contribution >= 0.6 is 34.9 Å². The van der Waals surface area contributed by atoms with Gasteiger partial charge in [-0.1, -0.05) is 53.9 Å². The summed E-state index contributed by atoms with van der Waals surface area (Å²) in [5, 5.41) is 10.9. The number of rotatable bonds is 8. The Bertz CT molecular complexity index is 688. The molecule has 0 aliphatic heterocycles. The van der Waals surface area contributed by atoms with Gasteiger partial charge in [-0.05, 0) is 25.5 Å². The Morgan fingerprint density at radius 2 is 1.87 bits per heavy atom. The van der Waals surface area contributed by atoms with E-state index >= 15 is 0 Å². The number of amides is 1. The lowest BCUT2D eigenvalue weighted by Crippen LogP contribution is -2.16. The molecule has 0 bridgehead atoms. The van der Waals surface area contributed by atoms with E-state index in [1.165, 1.54) is 30.0 Å². The van der Waals surface area contributed by atoms with Gasteiger partial charge in [-0.15, -0.1) is 10.2 Å². The average Bonchev–Trinajstić information content (AvgIpc) is 2.99. The molecular weight excluding hydrogens is 350 g/mol. The number of hydrogen-bond donors (Lipinski definition) is 1. The van der Waals surface area contributed by atoms with Crippen LogP contribution in [-0.2, 0) is 4.79 Å². The van der Waals surface area contributed by atoms with Crippen LogP contribution in [0.1, 0.15) is 30.6 Å². The van der Waals surface area contributed by atoms with Gasteiger partial charge in [-0.3, -0.25) is 9.59 Å². The first-order valence-electron chi connectivity index (χ1n) is 7.09. The standard InChI is InChI=1S/C15H17N3O2S3/c1-3-8-21-14-17-18-15(23-14)22-9-13(20)16-12-7-5-4-6-11(12)10(2)19/h4-7H,3,8-9H2,1-2H3,(H,16,20). The number of hydrogen-bond acceptors (Lipinski definition) is 7. The smallest absolute Gasteiger partial charge is 0.234 e. The molecule has 23 heavy (non-hydrogen) atoms. The van der Waals surface area contributed by atoms with Crippen LogP contribution in [0.3, 0.4) is 0 Å². The van der Waals surface area contributed by atoms with E-state index in [-0.39, 0.29) is 17.4 Å². The lowest BCUT2D eigenvalue weighted by Gasteiger charge is -2.08. The van der Waals surface area contributed by atoms with Crippen molar-refractivity contribution in [3.63, 3.8) is 0 Å². The van der Waals surface area contributed by atoms with Crippen LogP contribution < -0.4 is 5.32 Å². The van der Waals surface area contributed by atoms with Gasteiger partial charge < -0.3 is 5.32 Å². The Hall–Kier alpha value is -1.38. The second-order valence-electron chi connectivity index (χ2n) is 4.62. The highest BCUT2D eigenvalue weighted by molar-refractivity contribution is 8.03. The van der Waals surface area contributed by atoms with Crippen LogP contribution in [0.2, 0.25) is 0 Å². The van der Waals surface area contributed by atoms with Crippen molar-refractivity contribution in [2.45, 2.75) is 28.9 Å². The van der Waals surface area contributed by atoms with Crippen molar-refractivity contribution >= 4 is 52.2 Å². The van der Waals surface area contributed by atoms with E-state index in [0.29, 0.717) is 11.3 Å². The summed E-state index contributed by atoms with van der Waals surface area (Å²) in [6.45, 7) is 3.60. The fourth-order valence-corrected chi connectivity index (χ4v) is 4.46. The molecule has 122 valence electrons. The molecule has 0 aliphatic rings. The van der Waals surface area contributed by atoms with Crippen LogP contribution in [0, 0.1) is 0 Å². The predicted molar refractivity (Wildman–Crippen MR) is 96.7 cm³/mol. The molecule has 2 aromatic rings. The van der Waals surface area contributed by atoms with Crippen molar-refractivity contribution in [2.75, 3.05) is 16.8 Å². The van der Waals surface area contributed by atoms with Crippen molar-refractivity contribution in [2.24, 2.45) is 0 Å². The molecule has 1 amide bonds. The van der Waals surface area contributed by atoms with Gasteiger partial charge in [-0.25, -0.2) is 0 Å². The first-order chi connectivity index (χ1) is 11.1. The zero-order valence-corrected chi connectivity index (χ0v) is 15.3. The minimum absolute atomic E-state index is 0.0738. The number of Topliss-reactive ketones (excluding diaryl/α,β-unsaturated/α-hetero) is 1. The number of ketones is 1. The van der Waals surface area contributed by atoms with Crippen LogP contribution in [0.15, 0.2) is 32.9 Å². The molecule has 0 fully saturated rings. The van der Waals surface area contributed by atoms with Gasteiger partial charge in [0.1, 0.15) is 0 Å². The molecule has 1 aromatic carbocycles. The largest absolute Gasteiger partial charge is 0.325 e. The highest BCUT2D eigenvalue weighted by Gasteiger charge is 2.11. The van der Waals surface area contributed by atoms with E-state index < -0.39 is 0 Å². The molecule has 0 radical (unpaired) electrons. The van der Waals surface area contributed by atoms with Gasteiger partial charge >= 0.3 is 0 Å².